The Bertz CT molecular complexity index is 703. The molecule has 0 radical (unpaired) electrons. The van der Waals surface area contributed by atoms with E-state index in [9.17, 15) is 0 Å². The molecule has 0 fully saturated rings. The highest BCUT2D eigenvalue weighted by Gasteiger charge is 2.12. The second kappa shape index (κ2) is 6.08. The Morgan fingerprint density at radius 3 is 2.71 bits per heavy atom. The Morgan fingerprint density at radius 1 is 1.05 bits per heavy atom. The zero-order valence-corrected chi connectivity index (χ0v) is 12.6. The maximum Gasteiger partial charge on any atom is 0.0960 e. The van der Waals surface area contributed by atoms with Crippen molar-refractivity contribution in [3.63, 3.8) is 0 Å². The van der Waals surface area contributed by atoms with Gasteiger partial charge in [-0.05, 0) is 49.4 Å². The van der Waals surface area contributed by atoms with Gasteiger partial charge in [0, 0.05) is 18.4 Å². The standard InChI is InChI=1S/C18H21N3/c1-14(16-6-5-11-19-12-16)9-10-15(2)21-13-20-17-7-3-4-8-18(17)21/h3-8,11-15H,9-10H2,1-2H3. The van der Waals surface area contributed by atoms with E-state index in [1.54, 1.807) is 0 Å². The lowest BCUT2D eigenvalue weighted by atomic mass is 9.96. The van der Waals surface area contributed by atoms with Crippen LogP contribution in [-0.4, -0.2) is 14.5 Å². The molecule has 0 saturated carbocycles. The quantitative estimate of drug-likeness (QED) is 0.684. The van der Waals surface area contributed by atoms with Crippen molar-refractivity contribution in [3.8, 4) is 0 Å². The van der Waals surface area contributed by atoms with Gasteiger partial charge < -0.3 is 4.57 Å². The van der Waals surface area contributed by atoms with Crippen LogP contribution in [0.3, 0.4) is 0 Å². The number of rotatable bonds is 5. The third-order valence-corrected chi connectivity index (χ3v) is 4.23. The van der Waals surface area contributed by atoms with Gasteiger partial charge in [-0.1, -0.05) is 25.1 Å². The van der Waals surface area contributed by atoms with Gasteiger partial charge in [-0.25, -0.2) is 4.98 Å². The Balaban J connectivity index is 1.68. The van der Waals surface area contributed by atoms with E-state index in [4.69, 9.17) is 0 Å². The molecule has 0 aliphatic heterocycles. The van der Waals surface area contributed by atoms with Gasteiger partial charge in [-0.2, -0.15) is 0 Å². The van der Waals surface area contributed by atoms with E-state index in [0.717, 1.165) is 18.4 Å². The Kier molecular flexibility index (Phi) is 4.00. The summed E-state index contributed by atoms with van der Waals surface area (Å²) in [5, 5.41) is 0. The van der Waals surface area contributed by atoms with Gasteiger partial charge in [0.1, 0.15) is 0 Å². The first-order chi connectivity index (χ1) is 10.3. The maximum absolute atomic E-state index is 4.48. The van der Waals surface area contributed by atoms with Crippen LogP contribution in [0, 0.1) is 0 Å². The number of fused-ring (bicyclic) bond motifs is 1. The minimum atomic E-state index is 0.455. The molecule has 3 heteroatoms. The largest absolute Gasteiger partial charge is 0.328 e. The molecule has 0 aliphatic carbocycles. The third kappa shape index (κ3) is 2.97. The predicted octanol–water partition coefficient (Wildman–Crippen LogP) is 4.58. The lowest BCUT2D eigenvalue weighted by Gasteiger charge is -2.17. The number of hydrogen-bond acceptors (Lipinski definition) is 2. The summed E-state index contributed by atoms with van der Waals surface area (Å²) >= 11 is 0. The van der Waals surface area contributed by atoms with Crippen LogP contribution in [0.1, 0.15) is 44.2 Å². The monoisotopic (exact) mass is 279 g/mol. The van der Waals surface area contributed by atoms with Gasteiger partial charge in [0.2, 0.25) is 0 Å². The normalized spacial score (nSPS) is 14.2. The summed E-state index contributed by atoms with van der Waals surface area (Å²) in [7, 11) is 0. The molecule has 1 aromatic carbocycles. The average Bonchev–Trinajstić information content (AvgIpc) is 2.97. The molecule has 108 valence electrons. The lowest BCUT2D eigenvalue weighted by molar-refractivity contribution is 0.474. The fourth-order valence-corrected chi connectivity index (χ4v) is 2.79. The van der Waals surface area contributed by atoms with E-state index < -0.39 is 0 Å². The molecule has 0 spiro atoms. The zero-order valence-electron chi connectivity index (χ0n) is 12.6. The van der Waals surface area contributed by atoms with Crippen molar-refractivity contribution in [2.75, 3.05) is 0 Å². The van der Waals surface area contributed by atoms with Gasteiger partial charge in [-0.3, -0.25) is 4.98 Å². The Labute approximate surface area is 125 Å². The summed E-state index contributed by atoms with van der Waals surface area (Å²) in [6.45, 7) is 4.54. The summed E-state index contributed by atoms with van der Waals surface area (Å²) in [6, 6.07) is 12.9. The van der Waals surface area contributed by atoms with Gasteiger partial charge in [0.05, 0.1) is 17.4 Å². The van der Waals surface area contributed by atoms with Crippen molar-refractivity contribution in [3.05, 3.63) is 60.7 Å². The smallest absolute Gasteiger partial charge is 0.0960 e. The SMILES string of the molecule is CC(CCC(C)n1cnc2ccccc21)c1cccnc1. The molecule has 3 rings (SSSR count). The molecule has 21 heavy (non-hydrogen) atoms. The number of imidazole rings is 1. The van der Waals surface area contributed by atoms with Crippen molar-refractivity contribution in [2.24, 2.45) is 0 Å². The van der Waals surface area contributed by atoms with Crippen molar-refractivity contribution < 1.29 is 0 Å². The summed E-state index contributed by atoms with van der Waals surface area (Å²) in [6.07, 6.45) is 8.05. The first-order valence-electron chi connectivity index (χ1n) is 7.57. The fourth-order valence-electron chi connectivity index (χ4n) is 2.79. The van der Waals surface area contributed by atoms with Gasteiger partial charge in [0.25, 0.3) is 0 Å². The van der Waals surface area contributed by atoms with Crippen LogP contribution in [0.5, 0.6) is 0 Å². The fraction of sp³-hybridized carbons (Fsp3) is 0.333. The number of hydrogen-bond donors (Lipinski definition) is 0. The molecular formula is C18H21N3. The Hall–Kier alpha value is -2.16. The highest BCUT2D eigenvalue weighted by Crippen LogP contribution is 2.26. The van der Waals surface area contributed by atoms with Gasteiger partial charge in [-0.15, -0.1) is 0 Å². The molecule has 0 N–H and O–H groups in total. The first kappa shape index (κ1) is 13.8. The highest BCUT2D eigenvalue weighted by atomic mass is 15.1. The molecule has 3 aromatic rings. The topological polar surface area (TPSA) is 30.7 Å². The van der Waals surface area contributed by atoms with Crippen LogP contribution in [0.4, 0.5) is 0 Å². The van der Waals surface area contributed by atoms with Crippen LogP contribution in [0.25, 0.3) is 11.0 Å². The molecule has 0 bridgehead atoms. The van der Waals surface area contributed by atoms with Crippen molar-refractivity contribution in [1.82, 2.24) is 14.5 Å². The molecule has 2 unspecified atom stereocenters. The number of para-hydroxylation sites is 2. The van der Waals surface area contributed by atoms with Crippen molar-refractivity contribution in [1.29, 1.82) is 0 Å². The minimum Gasteiger partial charge on any atom is -0.328 e. The number of nitrogens with zero attached hydrogens (tertiary/aromatic N) is 3. The van der Waals surface area contributed by atoms with Crippen LogP contribution >= 0.6 is 0 Å². The first-order valence-corrected chi connectivity index (χ1v) is 7.57. The second-order valence-corrected chi connectivity index (χ2v) is 5.75. The summed E-state index contributed by atoms with van der Waals surface area (Å²) in [5.41, 5.74) is 3.61. The summed E-state index contributed by atoms with van der Waals surface area (Å²) < 4.78 is 2.28. The number of pyridine rings is 1. The van der Waals surface area contributed by atoms with Crippen LogP contribution in [0.2, 0.25) is 0 Å². The molecule has 0 amide bonds. The molecule has 0 aliphatic rings. The third-order valence-electron chi connectivity index (χ3n) is 4.23. The average molecular weight is 279 g/mol. The van der Waals surface area contributed by atoms with Crippen LogP contribution < -0.4 is 0 Å². The van der Waals surface area contributed by atoms with Crippen LogP contribution in [-0.2, 0) is 0 Å². The van der Waals surface area contributed by atoms with E-state index >= 15 is 0 Å². The van der Waals surface area contributed by atoms with E-state index in [1.807, 2.05) is 30.9 Å². The van der Waals surface area contributed by atoms with Crippen molar-refractivity contribution >= 4 is 11.0 Å². The molecular weight excluding hydrogens is 258 g/mol. The maximum atomic E-state index is 4.48. The highest BCUT2D eigenvalue weighted by molar-refractivity contribution is 5.75. The molecule has 2 heterocycles. The zero-order chi connectivity index (χ0) is 14.7. The van der Waals surface area contributed by atoms with Crippen LogP contribution in [0.15, 0.2) is 55.1 Å². The predicted molar refractivity (Wildman–Crippen MR) is 86.3 cm³/mol. The lowest BCUT2D eigenvalue weighted by Crippen LogP contribution is -2.05. The van der Waals surface area contributed by atoms with E-state index in [1.165, 1.54) is 11.1 Å². The van der Waals surface area contributed by atoms with E-state index in [0.29, 0.717) is 12.0 Å². The van der Waals surface area contributed by atoms with Gasteiger partial charge in [0.15, 0.2) is 0 Å². The molecule has 3 nitrogen and oxygen atoms in total. The molecule has 2 atom stereocenters. The molecule has 2 aromatic heterocycles. The minimum absolute atomic E-state index is 0.455. The second-order valence-electron chi connectivity index (χ2n) is 5.75. The Morgan fingerprint density at radius 2 is 1.90 bits per heavy atom. The summed E-state index contributed by atoms with van der Waals surface area (Å²) in [5.74, 6) is 0.538. The van der Waals surface area contributed by atoms with E-state index in [2.05, 4.69) is 52.6 Å². The number of aromatic nitrogens is 3. The van der Waals surface area contributed by atoms with Crippen molar-refractivity contribution in [2.45, 2.75) is 38.6 Å². The van der Waals surface area contributed by atoms with E-state index in [-0.39, 0.29) is 0 Å². The van der Waals surface area contributed by atoms with Gasteiger partial charge >= 0.3 is 0 Å². The molecule has 0 saturated heterocycles. The summed E-state index contributed by atoms with van der Waals surface area (Å²) in [4.78, 5) is 8.69. The number of benzene rings is 1.